The van der Waals surface area contributed by atoms with Gasteiger partial charge < -0.3 is 5.32 Å². The lowest BCUT2D eigenvalue weighted by Crippen LogP contribution is -2.12. The van der Waals surface area contributed by atoms with E-state index < -0.39 is 0 Å². The normalized spacial score (nSPS) is 12.9. The quantitative estimate of drug-likeness (QED) is 0.763. The van der Waals surface area contributed by atoms with Gasteiger partial charge in [0.15, 0.2) is 5.13 Å². The Labute approximate surface area is 82.0 Å². The summed E-state index contributed by atoms with van der Waals surface area (Å²) in [6.45, 7) is 5.00. The number of nitrogens with one attached hydrogen (secondary N) is 1. The van der Waals surface area contributed by atoms with Gasteiger partial charge in [0.1, 0.15) is 0 Å². The highest BCUT2D eigenvalue weighted by molar-refractivity contribution is 7.13. The third-order valence-electron chi connectivity index (χ3n) is 1.48. The van der Waals surface area contributed by atoms with Gasteiger partial charge in [0.2, 0.25) is 0 Å². The molecule has 1 aromatic heterocycles. The fourth-order valence-electron chi connectivity index (χ4n) is 0.751. The van der Waals surface area contributed by atoms with Crippen LogP contribution >= 0.6 is 22.9 Å². The first-order valence-corrected chi connectivity index (χ1v) is 5.35. The van der Waals surface area contributed by atoms with E-state index in [1.165, 1.54) is 0 Å². The summed E-state index contributed by atoms with van der Waals surface area (Å²) in [6, 6.07) is 0. The van der Waals surface area contributed by atoms with Crippen LogP contribution in [0.5, 0.6) is 0 Å². The molecular weight excluding hydrogens is 192 g/mol. The second-order valence-electron chi connectivity index (χ2n) is 2.93. The summed E-state index contributed by atoms with van der Waals surface area (Å²) < 4.78 is 0. The van der Waals surface area contributed by atoms with Gasteiger partial charge in [0, 0.05) is 17.8 Å². The molecule has 0 radical (unpaired) electrons. The van der Waals surface area contributed by atoms with E-state index in [0.29, 0.717) is 11.8 Å². The molecule has 2 nitrogen and oxygen atoms in total. The molecule has 0 aromatic carbocycles. The second-order valence-corrected chi connectivity index (χ2v) is 4.10. The van der Waals surface area contributed by atoms with Crippen molar-refractivity contribution in [1.29, 1.82) is 0 Å². The number of hydrogen-bond donors (Lipinski definition) is 1. The maximum atomic E-state index is 5.67. The number of anilines is 1. The largest absolute Gasteiger partial charge is 0.361 e. The first-order chi connectivity index (χ1) is 5.72. The molecule has 0 fully saturated rings. The maximum absolute atomic E-state index is 5.67. The number of hydrogen-bond acceptors (Lipinski definition) is 3. The molecule has 68 valence electrons. The average molecular weight is 205 g/mol. The number of aryl methyl sites for hydroxylation is 1. The zero-order valence-corrected chi connectivity index (χ0v) is 8.87. The minimum Gasteiger partial charge on any atom is -0.361 e. The molecule has 0 spiro atoms. The fraction of sp³-hybridized carbons (Fsp3) is 0.625. The zero-order valence-electron chi connectivity index (χ0n) is 7.30. The van der Waals surface area contributed by atoms with Gasteiger partial charge in [0.25, 0.3) is 0 Å². The summed E-state index contributed by atoms with van der Waals surface area (Å²) in [5.74, 6) is 1.19. The minimum absolute atomic E-state index is 0.496. The minimum atomic E-state index is 0.496. The molecule has 12 heavy (non-hydrogen) atoms. The summed E-state index contributed by atoms with van der Waals surface area (Å²) in [5.41, 5.74) is 1.07. The lowest BCUT2D eigenvalue weighted by atomic mass is 10.2. The van der Waals surface area contributed by atoms with Gasteiger partial charge in [-0.1, -0.05) is 6.92 Å². The highest BCUT2D eigenvalue weighted by atomic mass is 35.5. The van der Waals surface area contributed by atoms with Gasteiger partial charge in [-0.25, -0.2) is 4.98 Å². The number of aromatic nitrogens is 1. The third-order valence-corrected chi connectivity index (χ3v) is 2.93. The Morgan fingerprint density at radius 1 is 1.75 bits per heavy atom. The molecule has 0 saturated carbocycles. The van der Waals surface area contributed by atoms with Crippen molar-refractivity contribution in [1.82, 2.24) is 4.98 Å². The monoisotopic (exact) mass is 204 g/mol. The van der Waals surface area contributed by atoms with Gasteiger partial charge in [-0.3, -0.25) is 0 Å². The van der Waals surface area contributed by atoms with Crippen molar-refractivity contribution in [2.75, 3.05) is 17.7 Å². The molecule has 1 rings (SSSR count). The number of rotatable bonds is 4. The first kappa shape index (κ1) is 9.81. The van der Waals surface area contributed by atoms with E-state index in [0.717, 1.165) is 17.4 Å². The Balaban J connectivity index is 2.33. The Morgan fingerprint density at radius 3 is 3.00 bits per heavy atom. The molecule has 0 amide bonds. The van der Waals surface area contributed by atoms with Crippen molar-refractivity contribution < 1.29 is 0 Å². The summed E-state index contributed by atoms with van der Waals surface area (Å²) >= 11 is 7.30. The van der Waals surface area contributed by atoms with Crippen molar-refractivity contribution in [3.63, 3.8) is 0 Å². The molecule has 1 N–H and O–H groups in total. The number of nitrogens with zero attached hydrogens (tertiary/aromatic N) is 1. The summed E-state index contributed by atoms with van der Waals surface area (Å²) in [7, 11) is 0. The van der Waals surface area contributed by atoms with Crippen molar-refractivity contribution >= 4 is 28.1 Å². The predicted octanol–water partition coefficient (Wildman–Crippen LogP) is 2.74. The van der Waals surface area contributed by atoms with E-state index in [9.17, 15) is 0 Å². The molecule has 0 bridgehead atoms. The number of alkyl halides is 1. The molecule has 1 aromatic rings. The van der Waals surface area contributed by atoms with E-state index in [1.54, 1.807) is 11.3 Å². The first-order valence-electron chi connectivity index (χ1n) is 3.94. The predicted molar refractivity (Wildman–Crippen MR) is 55.2 cm³/mol. The average Bonchev–Trinajstić information content (AvgIpc) is 2.47. The Kier molecular flexibility index (Phi) is 3.82. The molecule has 0 aliphatic heterocycles. The van der Waals surface area contributed by atoms with Gasteiger partial charge >= 0.3 is 0 Å². The summed E-state index contributed by atoms with van der Waals surface area (Å²) in [4.78, 5) is 4.28. The lowest BCUT2D eigenvalue weighted by molar-refractivity contribution is 0.696. The highest BCUT2D eigenvalue weighted by Crippen LogP contribution is 2.14. The molecular formula is C8H13ClN2S. The van der Waals surface area contributed by atoms with E-state index >= 15 is 0 Å². The summed E-state index contributed by atoms with van der Waals surface area (Å²) in [6.07, 6.45) is 0. The van der Waals surface area contributed by atoms with Crippen LogP contribution in [0, 0.1) is 12.8 Å². The molecule has 0 saturated heterocycles. The summed E-state index contributed by atoms with van der Waals surface area (Å²) in [5, 5.41) is 6.26. The molecule has 0 aliphatic rings. The van der Waals surface area contributed by atoms with Crippen LogP contribution in [0.2, 0.25) is 0 Å². The Hall–Kier alpha value is -0.280. The van der Waals surface area contributed by atoms with E-state index in [-0.39, 0.29) is 0 Å². The van der Waals surface area contributed by atoms with Gasteiger partial charge in [-0.15, -0.1) is 22.9 Å². The second kappa shape index (κ2) is 4.67. The zero-order chi connectivity index (χ0) is 8.97. The van der Waals surface area contributed by atoms with E-state index in [2.05, 4.69) is 17.2 Å². The van der Waals surface area contributed by atoms with Crippen molar-refractivity contribution in [3.05, 3.63) is 11.1 Å². The van der Waals surface area contributed by atoms with E-state index in [4.69, 9.17) is 11.6 Å². The maximum Gasteiger partial charge on any atom is 0.182 e. The van der Waals surface area contributed by atoms with Crippen LogP contribution in [0.1, 0.15) is 12.6 Å². The third kappa shape index (κ3) is 2.99. The lowest BCUT2D eigenvalue weighted by Gasteiger charge is -2.06. The smallest absolute Gasteiger partial charge is 0.182 e. The van der Waals surface area contributed by atoms with Crippen LogP contribution in [-0.4, -0.2) is 17.4 Å². The van der Waals surface area contributed by atoms with Crippen molar-refractivity contribution in [3.8, 4) is 0 Å². The fourth-order valence-corrected chi connectivity index (χ4v) is 1.56. The Bertz CT molecular complexity index is 237. The SMILES string of the molecule is Cc1csc(NCC(C)CCl)n1. The van der Waals surface area contributed by atoms with Crippen LogP contribution in [0.4, 0.5) is 5.13 Å². The Morgan fingerprint density at radius 2 is 2.50 bits per heavy atom. The van der Waals surface area contributed by atoms with Gasteiger partial charge in [-0.05, 0) is 12.8 Å². The number of thiazole rings is 1. The number of halogens is 1. The van der Waals surface area contributed by atoms with E-state index in [1.807, 2.05) is 12.3 Å². The molecule has 1 unspecified atom stereocenters. The van der Waals surface area contributed by atoms with Crippen LogP contribution in [0.25, 0.3) is 0 Å². The molecule has 1 atom stereocenters. The van der Waals surface area contributed by atoms with Crippen LogP contribution < -0.4 is 5.32 Å². The van der Waals surface area contributed by atoms with Crippen molar-refractivity contribution in [2.24, 2.45) is 5.92 Å². The van der Waals surface area contributed by atoms with Crippen LogP contribution in [0.15, 0.2) is 5.38 Å². The standard InChI is InChI=1S/C8H13ClN2S/c1-6(3-9)4-10-8-11-7(2)5-12-8/h5-6H,3-4H2,1-2H3,(H,10,11). The topological polar surface area (TPSA) is 24.9 Å². The molecule has 0 aliphatic carbocycles. The van der Waals surface area contributed by atoms with Crippen LogP contribution in [0.3, 0.4) is 0 Å². The van der Waals surface area contributed by atoms with Crippen LogP contribution in [-0.2, 0) is 0 Å². The van der Waals surface area contributed by atoms with Gasteiger partial charge in [0.05, 0.1) is 5.69 Å². The highest BCUT2D eigenvalue weighted by Gasteiger charge is 2.01. The van der Waals surface area contributed by atoms with Gasteiger partial charge in [-0.2, -0.15) is 0 Å². The molecule has 1 heterocycles. The van der Waals surface area contributed by atoms with Crippen molar-refractivity contribution in [2.45, 2.75) is 13.8 Å². The molecule has 4 heteroatoms.